The number of hydrogen-bond acceptors (Lipinski definition) is 4. The molecule has 1 atom stereocenters. The lowest BCUT2D eigenvalue weighted by Crippen LogP contribution is -2.33. The van der Waals surface area contributed by atoms with Crippen LogP contribution in [-0.4, -0.2) is 0 Å². The van der Waals surface area contributed by atoms with E-state index in [0.29, 0.717) is 0 Å². The third-order valence-corrected chi connectivity index (χ3v) is 13.5. The number of hydrogen-bond donors (Lipinski definition) is 0. The first kappa shape index (κ1) is 34.1. The average molecular weight is 775 g/mol. The van der Waals surface area contributed by atoms with E-state index >= 15 is 0 Å². The van der Waals surface area contributed by atoms with Gasteiger partial charge in [-0.25, -0.2) is 0 Å². The van der Waals surface area contributed by atoms with Crippen LogP contribution in [0.15, 0.2) is 226 Å². The molecular formula is C55H38N2OS. The van der Waals surface area contributed by atoms with Crippen molar-refractivity contribution in [3.05, 3.63) is 234 Å². The van der Waals surface area contributed by atoms with Crippen molar-refractivity contribution >= 4 is 73.4 Å². The van der Waals surface area contributed by atoms with E-state index in [-0.39, 0.29) is 0 Å². The molecule has 0 N–H and O–H groups in total. The largest absolute Gasteiger partial charge is 0.454 e. The summed E-state index contributed by atoms with van der Waals surface area (Å²) in [6, 6.07) is 70.4. The van der Waals surface area contributed by atoms with Crippen molar-refractivity contribution in [2.45, 2.75) is 28.0 Å². The fourth-order valence-corrected chi connectivity index (χ4v) is 11.2. The summed E-state index contributed by atoms with van der Waals surface area (Å²) < 4.78 is 6.96. The molecule has 1 aliphatic heterocycles. The van der Waals surface area contributed by atoms with Gasteiger partial charge < -0.3 is 14.2 Å². The fraction of sp³-hybridized carbons (Fsp3) is 0.0545. The van der Waals surface area contributed by atoms with Crippen molar-refractivity contribution in [2.75, 3.05) is 9.80 Å². The van der Waals surface area contributed by atoms with Gasteiger partial charge in [-0.1, -0.05) is 145 Å². The van der Waals surface area contributed by atoms with Crippen molar-refractivity contribution in [3.8, 4) is 0 Å². The Bertz CT molecular complexity index is 3110. The number of fused-ring (bicyclic) bond motifs is 11. The van der Waals surface area contributed by atoms with E-state index in [9.17, 15) is 0 Å². The maximum absolute atomic E-state index is 6.96. The highest BCUT2D eigenvalue weighted by molar-refractivity contribution is 7.99. The van der Waals surface area contributed by atoms with E-state index in [1.54, 1.807) is 0 Å². The van der Waals surface area contributed by atoms with Gasteiger partial charge in [-0.2, -0.15) is 0 Å². The van der Waals surface area contributed by atoms with Crippen molar-refractivity contribution in [1.29, 1.82) is 0 Å². The minimum absolute atomic E-state index is 0.397. The molecule has 3 nitrogen and oxygen atoms in total. The van der Waals surface area contributed by atoms with Gasteiger partial charge in [0, 0.05) is 43.3 Å². The Morgan fingerprint density at radius 1 is 0.492 bits per heavy atom. The maximum atomic E-state index is 6.96. The standard InChI is InChI=1S/C55H38N2OS/c1-4-18-37(19-5-1)56(49-35-33-44-43-26-12-16-30-50(43)58-54(44)53(49)57(38-20-6-2-7-21-38)39-22-8-3-9-23-39)40-32-34-48-52(36-40)59-51-31-17-15-29-47(51)55(48)45-27-13-10-24-41(45)42-25-11-14-28-46(42)55/h1-10,12-24,26-36H,11,25H2. The second-order valence-electron chi connectivity index (χ2n) is 15.5. The monoisotopic (exact) mass is 774 g/mol. The lowest BCUT2D eigenvalue weighted by atomic mass is 9.66. The van der Waals surface area contributed by atoms with Crippen molar-refractivity contribution in [3.63, 3.8) is 0 Å². The van der Waals surface area contributed by atoms with Gasteiger partial charge in [0.15, 0.2) is 5.58 Å². The first-order valence-corrected chi connectivity index (χ1v) is 21.2. The highest BCUT2D eigenvalue weighted by atomic mass is 32.2. The van der Waals surface area contributed by atoms with Crippen molar-refractivity contribution in [1.82, 2.24) is 0 Å². The smallest absolute Gasteiger partial charge is 0.161 e. The van der Waals surface area contributed by atoms with E-state index in [4.69, 9.17) is 4.42 Å². The lowest BCUT2D eigenvalue weighted by Gasteiger charge is -2.41. The van der Waals surface area contributed by atoms with E-state index in [0.717, 1.165) is 68.9 Å². The molecular weight excluding hydrogens is 737 g/mol. The van der Waals surface area contributed by atoms with Crippen LogP contribution in [0, 0.1) is 0 Å². The van der Waals surface area contributed by atoms with Gasteiger partial charge in [-0.15, -0.1) is 0 Å². The summed E-state index contributed by atoms with van der Waals surface area (Å²) >= 11 is 1.89. The predicted molar refractivity (Wildman–Crippen MR) is 245 cm³/mol. The summed E-state index contributed by atoms with van der Waals surface area (Å²) in [6.45, 7) is 0. The van der Waals surface area contributed by atoms with E-state index in [1.165, 1.54) is 43.2 Å². The molecule has 0 fully saturated rings. The van der Waals surface area contributed by atoms with Gasteiger partial charge in [-0.3, -0.25) is 0 Å². The normalized spacial score (nSPS) is 16.2. The predicted octanol–water partition coefficient (Wildman–Crippen LogP) is 15.4. The number of anilines is 6. The van der Waals surface area contributed by atoms with Gasteiger partial charge in [0.25, 0.3) is 0 Å². The molecule has 4 heteroatoms. The fourth-order valence-electron chi connectivity index (χ4n) is 9.99. The summed E-state index contributed by atoms with van der Waals surface area (Å²) in [6.07, 6.45) is 6.93. The topological polar surface area (TPSA) is 19.6 Å². The molecule has 0 bridgehead atoms. The molecule has 8 aromatic carbocycles. The molecule has 0 saturated heterocycles. The molecule has 9 aromatic rings. The lowest BCUT2D eigenvalue weighted by molar-refractivity contribution is 0.669. The Kier molecular flexibility index (Phi) is 7.82. The zero-order valence-electron chi connectivity index (χ0n) is 32.3. The number of allylic oxidation sites excluding steroid dienone is 4. The second kappa shape index (κ2) is 13.5. The zero-order chi connectivity index (χ0) is 38.9. The molecule has 59 heavy (non-hydrogen) atoms. The van der Waals surface area contributed by atoms with Gasteiger partial charge in [-0.05, 0) is 119 Å². The van der Waals surface area contributed by atoms with Gasteiger partial charge in [0.1, 0.15) is 11.3 Å². The zero-order valence-corrected chi connectivity index (χ0v) is 33.1. The van der Waals surface area contributed by atoms with Crippen LogP contribution in [0.2, 0.25) is 0 Å². The molecule has 0 amide bonds. The van der Waals surface area contributed by atoms with Crippen LogP contribution in [0.3, 0.4) is 0 Å². The first-order chi connectivity index (χ1) is 29.3. The molecule has 1 aromatic heterocycles. The summed E-state index contributed by atoms with van der Waals surface area (Å²) in [5.74, 6) is 0. The van der Waals surface area contributed by atoms with Gasteiger partial charge in [0.2, 0.25) is 0 Å². The second-order valence-corrected chi connectivity index (χ2v) is 16.6. The highest BCUT2D eigenvalue weighted by Gasteiger charge is 2.51. The van der Waals surface area contributed by atoms with Crippen LogP contribution in [0.5, 0.6) is 0 Å². The Hall–Kier alpha value is -7.01. The van der Waals surface area contributed by atoms with E-state index in [1.807, 2.05) is 17.8 Å². The van der Waals surface area contributed by atoms with E-state index < -0.39 is 5.41 Å². The summed E-state index contributed by atoms with van der Waals surface area (Å²) in [5, 5.41) is 2.17. The van der Waals surface area contributed by atoms with E-state index in [2.05, 4.69) is 210 Å². The summed E-state index contributed by atoms with van der Waals surface area (Å²) in [7, 11) is 0. The van der Waals surface area contributed by atoms with Crippen LogP contribution in [-0.2, 0) is 5.41 Å². The molecule has 12 rings (SSSR count). The van der Waals surface area contributed by atoms with Crippen LogP contribution >= 0.6 is 11.8 Å². The maximum Gasteiger partial charge on any atom is 0.161 e. The Morgan fingerprint density at radius 3 is 1.88 bits per heavy atom. The third kappa shape index (κ3) is 5.09. The molecule has 2 aliphatic carbocycles. The molecule has 2 heterocycles. The molecule has 1 unspecified atom stereocenters. The Labute approximate surface area is 348 Å². The van der Waals surface area contributed by atoms with Crippen LogP contribution in [0.1, 0.15) is 35.1 Å². The third-order valence-electron chi connectivity index (χ3n) is 12.4. The highest BCUT2D eigenvalue weighted by Crippen LogP contribution is 2.63. The first-order valence-electron chi connectivity index (χ1n) is 20.4. The van der Waals surface area contributed by atoms with Crippen LogP contribution in [0.25, 0.3) is 27.5 Å². The average Bonchev–Trinajstić information content (AvgIpc) is 3.82. The number of benzene rings is 8. The number of para-hydroxylation sites is 4. The molecule has 3 aliphatic rings. The number of rotatable bonds is 6. The molecule has 0 saturated carbocycles. The molecule has 280 valence electrons. The van der Waals surface area contributed by atoms with Gasteiger partial charge >= 0.3 is 0 Å². The van der Waals surface area contributed by atoms with Crippen molar-refractivity contribution in [2.24, 2.45) is 0 Å². The summed E-state index contributed by atoms with van der Waals surface area (Å²) in [5.41, 5.74) is 15.9. The number of furan rings is 1. The van der Waals surface area contributed by atoms with Crippen molar-refractivity contribution < 1.29 is 4.42 Å². The minimum atomic E-state index is -0.397. The Morgan fingerprint density at radius 2 is 1.12 bits per heavy atom. The molecule has 0 radical (unpaired) electrons. The summed E-state index contributed by atoms with van der Waals surface area (Å²) in [4.78, 5) is 7.34. The van der Waals surface area contributed by atoms with Gasteiger partial charge in [0.05, 0.1) is 11.1 Å². The number of nitrogens with zero attached hydrogens (tertiary/aromatic N) is 2. The minimum Gasteiger partial charge on any atom is -0.454 e. The SMILES string of the molecule is C1=CC2=C(CC1)c1ccccc1C21c2ccccc2Sc2cc(N(c3ccccc3)c3ccc4c(oc5ccccc54)c3N(c3ccccc3)c3ccccc3)ccc21. The Balaban J connectivity index is 1.14. The molecule has 1 spiro atoms. The van der Waals surface area contributed by atoms with Crippen LogP contribution in [0.4, 0.5) is 34.1 Å². The van der Waals surface area contributed by atoms with Crippen LogP contribution < -0.4 is 9.80 Å². The quantitative estimate of drug-likeness (QED) is 0.168.